The van der Waals surface area contributed by atoms with Gasteiger partial charge in [-0.2, -0.15) is 0 Å². The fourth-order valence-electron chi connectivity index (χ4n) is 2.52. The molecule has 126 valence electrons. The zero-order chi connectivity index (χ0) is 17.0. The van der Waals surface area contributed by atoms with E-state index in [-0.39, 0.29) is 11.3 Å². The smallest absolute Gasteiger partial charge is 0.270 e. The van der Waals surface area contributed by atoms with Crippen molar-refractivity contribution in [3.8, 4) is 0 Å². The molecule has 1 atom stereocenters. The van der Waals surface area contributed by atoms with Crippen molar-refractivity contribution in [2.45, 2.75) is 29.2 Å². The topological polar surface area (TPSA) is 75.5 Å². The molecule has 1 aromatic carbocycles. The third-order valence-corrected chi connectivity index (χ3v) is 4.27. The van der Waals surface area contributed by atoms with Gasteiger partial charge >= 0.3 is 0 Å². The number of carbonyl (C=O) groups is 1. The largest absolute Gasteiger partial charge is 0.332 e. The highest BCUT2D eigenvalue weighted by atomic mass is 35.6. The molecule has 1 saturated heterocycles. The lowest BCUT2D eigenvalue weighted by Crippen LogP contribution is -2.56. The van der Waals surface area contributed by atoms with Crippen molar-refractivity contribution >= 4 is 46.4 Å². The van der Waals surface area contributed by atoms with E-state index in [0.717, 1.165) is 19.3 Å². The summed E-state index contributed by atoms with van der Waals surface area (Å²) in [5.74, 6) is -0.518. The Morgan fingerprint density at radius 1 is 1.26 bits per heavy atom. The van der Waals surface area contributed by atoms with Crippen LogP contribution in [0.25, 0.3) is 0 Å². The molecule has 1 aliphatic rings. The molecule has 9 heteroatoms. The fraction of sp³-hybridized carbons (Fsp3) is 0.500. The minimum Gasteiger partial charge on any atom is -0.332 e. The Bertz CT molecular complexity index is 586. The highest BCUT2D eigenvalue weighted by Crippen LogP contribution is 2.33. The van der Waals surface area contributed by atoms with E-state index in [1.165, 1.54) is 24.3 Å². The molecule has 0 aromatic heterocycles. The fourth-order valence-corrected chi connectivity index (χ4v) is 3.10. The lowest BCUT2D eigenvalue weighted by atomic mass is 10.1. The van der Waals surface area contributed by atoms with E-state index in [1.807, 2.05) is 4.90 Å². The summed E-state index contributed by atoms with van der Waals surface area (Å²) < 4.78 is -1.70. The van der Waals surface area contributed by atoms with Crippen molar-refractivity contribution < 1.29 is 9.72 Å². The van der Waals surface area contributed by atoms with Gasteiger partial charge < -0.3 is 5.32 Å². The zero-order valence-electron chi connectivity index (χ0n) is 12.2. The molecule has 6 nitrogen and oxygen atoms in total. The van der Waals surface area contributed by atoms with Crippen LogP contribution in [0, 0.1) is 10.1 Å². The van der Waals surface area contributed by atoms with Crippen molar-refractivity contribution in [3.05, 3.63) is 39.9 Å². The average Bonchev–Trinajstić information content (AvgIpc) is 2.52. The third-order valence-electron chi connectivity index (χ3n) is 3.65. The zero-order valence-corrected chi connectivity index (χ0v) is 14.4. The summed E-state index contributed by atoms with van der Waals surface area (Å²) in [6, 6.07) is 5.43. The van der Waals surface area contributed by atoms with Crippen LogP contribution in [-0.4, -0.2) is 38.8 Å². The number of nitro benzene ring substituents is 1. The first-order valence-electron chi connectivity index (χ1n) is 7.15. The molecule has 0 bridgehead atoms. The van der Waals surface area contributed by atoms with Crippen molar-refractivity contribution in [1.82, 2.24) is 10.2 Å². The van der Waals surface area contributed by atoms with Gasteiger partial charge in [-0.05, 0) is 18.9 Å². The van der Waals surface area contributed by atoms with Gasteiger partial charge in [0.1, 0.15) is 6.17 Å². The molecule has 1 heterocycles. The van der Waals surface area contributed by atoms with Gasteiger partial charge in [0.05, 0.1) is 4.92 Å². The Hall–Kier alpha value is -1.08. The predicted octanol–water partition coefficient (Wildman–Crippen LogP) is 3.51. The maximum Gasteiger partial charge on any atom is 0.270 e. The molecule has 1 aliphatic heterocycles. The number of nitrogens with one attached hydrogen (secondary N) is 1. The molecule has 2 rings (SSSR count). The highest BCUT2D eigenvalue weighted by molar-refractivity contribution is 6.68. The van der Waals surface area contributed by atoms with E-state index in [0.29, 0.717) is 13.1 Å². The molecule has 0 aliphatic carbocycles. The van der Waals surface area contributed by atoms with Gasteiger partial charge in [0, 0.05) is 30.8 Å². The number of alkyl halides is 3. The van der Waals surface area contributed by atoms with Gasteiger partial charge in [0.15, 0.2) is 0 Å². The number of nitro groups is 1. The van der Waals surface area contributed by atoms with Crippen LogP contribution in [0.15, 0.2) is 24.3 Å². The number of carbonyl (C=O) groups excluding carboxylic acids is 1. The molecule has 1 fully saturated rings. The summed E-state index contributed by atoms with van der Waals surface area (Å²) in [7, 11) is 0. The number of amides is 1. The van der Waals surface area contributed by atoms with Gasteiger partial charge in [0.25, 0.3) is 11.6 Å². The van der Waals surface area contributed by atoms with E-state index in [9.17, 15) is 14.9 Å². The molecule has 0 spiro atoms. The van der Waals surface area contributed by atoms with Crippen molar-refractivity contribution in [2.75, 3.05) is 13.1 Å². The Morgan fingerprint density at radius 3 is 2.48 bits per heavy atom. The highest BCUT2D eigenvalue weighted by Gasteiger charge is 2.39. The second-order valence-corrected chi connectivity index (χ2v) is 7.69. The quantitative estimate of drug-likeness (QED) is 0.493. The molecule has 0 radical (unpaired) electrons. The summed E-state index contributed by atoms with van der Waals surface area (Å²) in [4.78, 5) is 24.5. The molecule has 1 aromatic rings. The summed E-state index contributed by atoms with van der Waals surface area (Å²) in [5.41, 5.74) is -0.0171. The van der Waals surface area contributed by atoms with Crippen LogP contribution in [-0.2, 0) is 0 Å². The predicted molar refractivity (Wildman–Crippen MR) is 90.1 cm³/mol. The number of non-ortho nitro benzene ring substituents is 1. The Balaban J connectivity index is 2.17. The van der Waals surface area contributed by atoms with Crippen LogP contribution < -0.4 is 5.32 Å². The summed E-state index contributed by atoms with van der Waals surface area (Å²) in [6.07, 6.45) is 2.23. The number of piperidine rings is 1. The monoisotopic (exact) mass is 379 g/mol. The molecule has 23 heavy (non-hydrogen) atoms. The normalized spacial score (nSPS) is 17.5. The van der Waals surface area contributed by atoms with Crippen LogP contribution in [0.5, 0.6) is 0 Å². The van der Waals surface area contributed by atoms with Gasteiger partial charge in [-0.25, -0.2) is 0 Å². The summed E-state index contributed by atoms with van der Waals surface area (Å²) in [6.45, 7) is 1.43. The van der Waals surface area contributed by atoms with Crippen LogP contribution in [0.3, 0.4) is 0 Å². The molecular weight excluding hydrogens is 365 g/mol. The second-order valence-electron chi connectivity index (χ2n) is 5.32. The van der Waals surface area contributed by atoms with Gasteiger partial charge in [-0.15, -0.1) is 0 Å². The number of benzene rings is 1. The summed E-state index contributed by atoms with van der Waals surface area (Å²) >= 11 is 18.0. The van der Waals surface area contributed by atoms with E-state index < -0.39 is 20.8 Å². The number of hydrogen-bond acceptors (Lipinski definition) is 4. The standard InChI is InChI=1S/C14H16Cl3N3O3/c15-14(16,17)13(19-7-2-1-3-8-19)18-12(21)10-5-4-6-11(9-10)20(22)23/h4-6,9,13H,1-3,7-8H2,(H,18,21). The second kappa shape index (κ2) is 7.66. The Labute approximate surface area is 148 Å². The van der Waals surface area contributed by atoms with Gasteiger partial charge in [0.2, 0.25) is 3.79 Å². The Morgan fingerprint density at radius 2 is 1.91 bits per heavy atom. The third kappa shape index (κ3) is 4.94. The van der Waals surface area contributed by atoms with Gasteiger partial charge in [-0.3, -0.25) is 19.8 Å². The molecular formula is C14H16Cl3N3O3. The number of hydrogen-bond donors (Lipinski definition) is 1. The first-order valence-corrected chi connectivity index (χ1v) is 8.28. The molecule has 1 unspecified atom stereocenters. The Kier molecular flexibility index (Phi) is 6.08. The van der Waals surface area contributed by atoms with E-state index in [1.54, 1.807) is 0 Å². The lowest BCUT2D eigenvalue weighted by molar-refractivity contribution is -0.384. The average molecular weight is 381 g/mol. The van der Waals surface area contributed by atoms with Crippen LogP contribution in [0.4, 0.5) is 5.69 Å². The summed E-state index contributed by atoms with van der Waals surface area (Å²) in [5, 5.41) is 13.5. The number of rotatable bonds is 4. The van der Waals surface area contributed by atoms with E-state index >= 15 is 0 Å². The first-order chi connectivity index (χ1) is 10.8. The number of halogens is 3. The molecule has 1 amide bonds. The van der Waals surface area contributed by atoms with Crippen molar-refractivity contribution in [1.29, 1.82) is 0 Å². The van der Waals surface area contributed by atoms with Crippen LogP contribution in [0.2, 0.25) is 0 Å². The van der Waals surface area contributed by atoms with E-state index in [4.69, 9.17) is 34.8 Å². The number of likely N-dealkylation sites (tertiary alicyclic amines) is 1. The van der Waals surface area contributed by atoms with Crippen LogP contribution >= 0.6 is 34.8 Å². The minimum atomic E-state index is -1.70. The van der Waals surface area contributed by atoms with Crippen molar-refractivity contribution in [2.24, 2.45) is 0 Å². The SMILES string of the molecule is O=C(NC(N1CCCCC1)C(Cl)(Cl)Cl)c1cccc([N+](=O)[O-])c1. The lowest BCUT2D eigenvalue weighted by Gasteiger charge is -2.38. The minimum absolute atomic E-state index is 0.149. The van der Waals surface area contributed by atoms with Crippen molar-refractivity contribution in [3.63, 3.8) is 0 Å². The maximum absolute atomic E-state index is 12.4. The van der Waals surface area contributed by atoms with Crippen LogP contribution in [0.1, 0.15) is 29.6 Å². The first kappa shape index (κ1) is 18.3. The molecule has 0 saturated carbocycles. The molecule has 1 N–H and O–H groups in total. The maximum atomic E-state index is 12.4. The number of nitrogens with zero attached hydrogens (tertiary/aromatic N) is 2. The van der Waals surface area contributed by atoms with Gasteiger partial charge in [-0.1, -0.05) is 47.3 Å². The van der Waals surface area contributed by atoms with E-state index in [2.05, 4.69) is 5.32 Å².